The summed E-state index contributed by atoms with van der Waals surface area (Å²) < 4.78 is 158. The summed E-state index contributed by atoms with van der Waals surface area (Å²) >= 11 is 0. The number of fused-ring (bicyclic) bond motifs is 3. The van der Waals surface area contributed by atoms with Crippen molar-refractivity contribution in [2.24, 2.45) is 0 Å². The Hall–Kier alpha value is -5.29. The van der Waals surface area contributed by atoms with Crippen molar-refractivity contribution in [3.05, 3.63) is 59.7 Å². The minimum absolute atomic E-state index is 0.0600. The van der Waals surface area contributed by atoms with E-state index in [9.17, 15) is 29.1 Å². The summed E-state index contributed by atoms with van der Waals surface area (Å²) in [6.07, 6.45) is -1.87. The Balaban J connectivity index is 0.730. The van der Waals surface area contributed by atoms with E-state index in [-0.39, 0.29) is 202 Å². The van der Waals surface area contributed by atoms with Crippen LogP contribution in [-0.2, 0) is 142 Å². The second-order valence-corrected chi connectivity index (χ2v) is 30.0. The van der Waals surface area contributed by atoms with Crippen LogP contribution in [0.5, 0.6) is 0 Å². The van der Waals surface area contributed by atoms with Gasteiger partial charge in [0, 0.05) is 85.1 Å². The normalized spacial score (nSPS) is 24.3. The lowest BCUT2D eigenvalue weighted by molar-refractivity contribution is -0.233. The number of hydrogen-bond acceptors (Lipinski definition) is 32. The summed E-state index contributed by atoms with van der Waals surface area (Å²) in [5, 5.41) is 21.0. The molecule has 2 aromatic carbocycles. The molecule has 0 bridgehead atoms. The molecule has 4 amide bonds. The topological polar surface area (TPSA) is 403 Å². The van der Waals surface area contributed by atoms with E-state index in [2.05, 4.69) is 21.3 Å². The highest BCUT2D eigenvalue weighted by Crippen LogP contribution is 2.40. The van der Waals surface area contributed by atoms with Crippen LogP contribution in [0.15, 0.2) is 48.5 Å². The Kier molecular flexibility index (Phi) is 44.6. The van der Waals surface area contributed by atoms with Crippen LogP contribution in [0.3, 0.4) is 0 Å². The Labute approximate surface area is 692 Å². The number of nitrogens with one attached hydrogen (secondary N) is 4. The smallest absolute Gasteiger partial charge is 0.335 e. The first-order valence-corrected chi connectivity index (χ1v) is 40.9. The molecule has 8 rings (SSSR count). The number of methoxy groups -OCH3 is 3. The summed E-state index contributed by atoms with van der Waals surface area (Å²) in [7, 11) is 4.79. The van der Waals surface area contributed by atoms with Gasteiger partial charge in [0.15, 0.2) is 36.2 Å². The van der Waals surface area contributed by atoms with Crippen LogP contribution in [0.4, 0.5) is 0 Å². The van der Waals surface area contributed by atoms with E-state index in [4.69, 9.17) is 128 Å². The molecule has 6 heterocycles. The highest BCUT2D eigenvalue weighted by molar-refractivity contribution is 5.95. The summed E-state index contributed by atoms with van der Waals surface area (Å²) in [5.74, 6) is -4.69. The third kappa shape index (κ3) is 36.6. The van der Waals surface area contributed by atoms with E-state index in [1.165, 1.54) is 12.1 Å². The van der Waals surface area contributed by atoms with Crippen LogP contribution in [-0.4, -0.2) is 371 Å². The van der Waals surface area contributed by atoms with Crippen molar-refractivity contribution in [3.63, 3.8) is 0 Å². The third-order valence-electron chi connectivity index (χ3n) is 19.3. The molecule has 0 aliphatic carbocycles. The zero-order valence-corrected chi connectivity index (χ0v) is 70.1. The summed E-state index contributed by atoms with van der Waals surface area (Å²) in [6, 6.07) is 13.0. The van der Waals surface area contributed by atoms with Gasteiger partial charge in [0.2, 0.25) is 17.7 Å². The number of rotatable bonds is 64. The molecule has 6 aliphatic rings. The van der Waals surface area contributed by atoms with Gasteiger partial charge in [0.1, 0.15) is 42.2 Å². The summed E-state index contributed by atoms with van der Waals surface area (Å²) in [4.78, 5) is 65.2. The number of carbonyl (C=O) groups excluding carboxylic acids is 4. The molecule has 37 nitrogen and oxygen atoms in total. The molecule has 6 saturated heterocycles. The Morgan fingerprint density at radius 2 is 0.619 bits per heavy atom. The molecule has 6 aliphatic heterocycles. The van der Waals surface area contributed by atoms with Gasteiger partial charge in [0.05, 0.1) is 222 Å². The van der Waals surface area contributed by atoms with Crippen LogP contribution in [0.2, 0.25) is 0 Å². The second-order valence-electron chi connectivity index (χ2n) is 30.0. The van der Waals surface area contributed by atoms with Crippen molar-refractivity contribution in [2.75, 3.05) is 239 Å². The van der Waals surface area contributed by atoms with E-state index in [1.54, 1.807) is 57.7 Å². The van der Waals surface area contributed by atoms with E-state index in [0.29, 0.717) is 138 Å². The summed E-state index contributed by atoms with van der Waals surface area (Å²) in [5.41, 5.74) is 0.372. The molecule has 12 atom stereocenters. The summed E-state index contributed by atoms with van der Waals surface area (Å²) in [6.45, 7) is 18.5. The van der Waals surface area contributed by atoms with Crippen LogP contribution in [0, 0.1) is 0 Å². The van der Waals surface area contributed by atoms with Crippen molar-refractivity contribution in [2.45, 2.75) is 177 Å². The fraction of sp³-hybridized carbons (Fsp3) is 0.790. The van der Waals surface area contributed by atoms with E-state index in [0.717, 1.165) is 11.1 Å². The highest BCUT2D eigenvalue weighted by Gasteiger charge is 2.53. The zero-order valence-electron chi connectivity index (χ0n) is 70.1. The molecular formula is C81H130N4O33. The number of ether oxygens (including phenoxy) is 27. The quantitative estimate of drug-likeness (QED) is 0.0594. The van der Waals surface area contributed by atoms with Gasteiger partial charge in [-0.15, -0.1) is 0 Å². The monoisotopic (exact) mass is 1690 g/mol. The maximum atomic E-state index is 14.4. The van der Waals surface area contributed by atoms with Crippen molar-refractivity contribution >= 4 is 29.6 Å². The van der Waals surface area contributed by atoms with E-state index >= 15 is 0 Å². The second kappa shape index (κ2) is 53.7. The average molecular weight is 1690 g/mol. The van der Waals surface area contributed by atoms with Crippen LogP contribution in [0.1, 0.15) is 101 Å². The number of carboxylic acid groups (broad SMARTS) is 1. The van der Waals surface area contributed by atoms with Crippen LogP contribution in [0.25, 0.3) is 11.1 Å². The van der Waals surface area contributed by atoms with Crippen molar-refractivity contribution in [3.8, 4) is 11.1 Å². The number of carbonyl (C=O) groups is 5. The lowest BCUT2D eigenvalue weighted by Gasteiger charge is -2.35. The number of aromatic carboxylic acids is 1. The molecular weight excluding hydrogens is 1560 g/mol. The van der Waals surface area contributed by atoms with Gasteiger partial charge in [-0.05, 0) is 76.9 Å². The molecule has 0 aromatic heterocycles. The predicted octanol–water partition coefficient (Wildman–Crippen LogP) is 3.13. The van der Waals surface area contributed by atoms with Gasteiger partial charge in [-0.25, -0.2) is 4.79 Å². The largest absolute Gasteiger partial charge is 0.478 e. The molecule has 37 heteroatoms. The number of carboxylic acids is 1. The molecule has 0 unspecified atom stereocenters. The molecule has 0 spiro atoms. The molecule has 672 valence electrons. The average Bonchev–Trinajstić information content (AvgIpc) is 1.65. The number of amides is 4. The maximum Gasteiger partial charge on any atom is 0.335 e. The number of benzene rings is 2. The van der Waals surface area contributed by atoms with Crippen molar-refractivity contribution < 1.29 is 157 Å². The van der Waals surface area contributed by atoms with Gasteiger partial charge in [-0.1, -0.05) is 24.3 Å². The Morgan fingerprint density at radius 1 is 0.356 bits per heavy atom. The number of hydrogen-bond donors (Lipinski definition) is 5. The Morgan fingerprint density at radius 3 is 0.890 bits per heavy atom. The van der Waals surface area contributed by atoms with Gasteiger partial charge < -0.3 is 154 Å². The Bertz CT molecular complexity index is 2910. The fourth-order valence-electron chi connectivity index (χ4n) is 13.6. The molecule has 0 radical (unpaired) electrons. The zero-order chi connectivity index (χ0) is 84.3. The lowest BCUT2D eigenvalue weighted by Crippen LogP contribution is -2.58. The van der Waals surface area contributed by atoms with Gasteiger partial charge in [-0.2, -0.15) is 0 Å². The first-order valence-electron chi connectivity index (χ1n) is 40.9. The highest BCUT2D eigenvalue weighted by atomic mass is 16.8. The molecule has 0 saturated carbocycles. The van der Waals surface area contributed by atoms with E-state index in [1.807, 2.05) is 41.5 Å². The SMILES string of the molecule is CO[C@H]1C[C@H]2OC(C)(C)O[C@H]2[C@@H](COCCOCCOCCOCCNC(=O)CCOCC(COCCC(=O)NCCOCCOCCOCCOC[C@H]2O[C@@H](OC)C[C@H]3OC(C)(C)O[C@@H]23)(COCCC(=O)NCCOCCOCCOCCOC[C@H]2O[C@@H](OC)C[C@H]3OC(C)(C)O[C@@H]23)NC(=O)c2ccc(-c3ccc(C(=O)O)cc3)cc2)O1. The lowest BCUT2D eigenvalue weighted by atomic mass is 10.00. The van der Waals surface area contributed by atoms with Gasteiger partial charge >= 0.3 is 5.97 Å². The third-order valence-corrected chi connectivity index (χ3v) is 19.3. The first-order chi connectivity index (χ1) is 57.0. The first kappa shape index (κ1) is 98.1. The predicted molar refractivity (Wildman–Crippen MR) is 417 cm³/mol. The van der Waals surface area contributed by atoms with Crippen molar-refractivity contribution in [1.29, 1.82) is 0 Å². The molecule has 118 heavy (non-hydrogen) atoms. The van der Waals surface area contributed by atoms with Gasteiger partial charge in [-0.3, -0.25) is 19.2 Å². The molecule has 2 aromatic rings. The van der Waals surface area contributed by atoms with Crippen LogP contribution >= 0.6 is 0 Å². The maximum absolute atomic E-state index is 14.4. The molecule has 6 fully saturated rings. The van der Waals surface area contributed by atoms with E-state index < -0.39 is 53.6 Å². The van der Waals surface area contributed by atoms with Crippen molar-refractivity contribution in [1.82, 2.24) is 21.3 Å². The minimum atomic E-state index is -1.45. The van der Waals surface area contributed by atoms with Gasteiger partial charge in [0.25, 0.3) is 5.91 Å². The standard InChI is InChI=1S/C81H130N4O33/c1-78(2)113-61-48-70(92-7)110-64(73(61)116-78)51-104-45-42-101-39-36-98-33-30-95-27-21-82-67(86)18-24-107-54-81(85-76(89)59-14-10-57(11-15-59)58-12-16-60(17-13-58)77(90)91,55-108-25-19-68(87)83-22-28-96-31-34-99-37-40-102-43-46-105-52-65-74-62(49-71(93-8)111-65)114-79(3,4)117-74)56-109-26-20-69(88)84-23-29-97-32-35-100-38-41-103-44-47-106-53-66-75-63(50-72(94-9)112-66)115-80(5,6)118-75/h10-17,61-66,70-75H,18-56H2,1-9H3,(H,82,86)(H,83,87)(H,84,88)(H,85,89)(H,90,91)/t61-,62-,63-,64-,65-,66-,70-,71-,72-,73-,74-,75-/m1/s1. The molecule has 5 N–H and O–H groups in total. The minimum Gasteiger partial charge on any atom is -0.478 e. The fourth-order valence-corrected chi connectivity index (χ4v) is 13.6. The van der Waals surface area contributed by atoms with Crippen LogP contribution < -0.4 is 21.3 Å².